The summed E-state index contributed by atoms with van der Waals surface area (Å²) in [6.07, 6.45) is 1.55. The fourth-order valence-electron chi connectivity index (χ4n) is 1.18. The van der Waals surface area contributed by atoms with Crippen molar-refractivity contribution in [2.45, 2.75) is 0 Å². The molecule has 0 bridgehead atoms. The Hall–Kier alpha value is -1.89. The van der Waals surface area contributed by atoms with Gasteiger partial charge in [-0.2, -0.15) is 4.98 Å². The van der Waals surface area contributed by atoms with Gasteiger partial charge in [-0.05, 0) is 6.07 Å². The standard InChI is InChI=1S/C10H17N5O2/c1-15(7-9(16)12-5-6-17-2)10-13-4-3-8(11)14-10/h3-4H,5-7H2,1-2H3,(H,12,16)(H2,11,13,14). The zero-order chi connectivity index (χ0) is 12.7. The zero-order valence-corrected chi connectivity index (χ0v) is 10.0. The van der Waals surface area contributed by atoms with Gasteiger partial charge in [-0.3, -0.25) is 4.79 Å². The van der Waals surface area contributed by atoms with Crippen molar-refractivity contribution in [1.29, 1.82) is 0 Å². The van der Waals surface area contributed by atoms with E-state index in [2.05, 4.69) is 15.3 Å². The van der Waals surface area contributed by atoms with Crippen LogP contribution in [0.4, 0.5) is 11.8 Å². The average molecular weight is 239 g/mol. The predicted molar refractivity (Wildman–Crippen MR) is 64.6 cm³/mol. The van der Waals surface area contributed by atoms with Gasteiger partial charge in [0, 0.05) is 26.9 Å². The molecular weight excluding hydrogens is 222 g/mol. The number of carbonyl (C=O) groups is 1. The van der Waals surface area contributed by atoms with Crippen molar-refractivity contribution in [2.75, 3.05) is 44.5 Å². The topological polar surface area (TPSA) is 93.4 Å². The molecule has 94 valence electrons. The summed E-state index contributed by atoms with van der Waals surface area (Å²) in [5.41, 5.74) is 5.53. The predicted octanol–water partition coefficient (Wildman–Crippen LogP) is -0.742. The van der Waals surface area contributed by atoms with Gasteiger partial charge in [-0.1, -0.05) is 0 Å². The molecule has 0 aromatic carbocycles. The maximum absolute atomic E-state index is 11.5. The minimum absolute atomic E-state index is 0.115. The number of likely N-dealkylation sites (N-methyl/N-ethyl adjacent to an activating group) is 1. The lowest BCUT2D eigenvalue weighted by atomic mass is 10.5. The minimum Gasteiger partial charge on any atom is -0.384 e. The van der Waals surface area contributed by atoms with Crippen LogP contribution < -0.4 is 16.0 Å². The lowest BCUT2D eigenvalue weighted by Gasteiger charge is -2.16. The summed E-state index contributed by atoms with van der Waals surface area (Å²) >= 11 is 0. The third kappa shape index (κ3) is 4.64. The molecule has 3 N–H and O–H groups in total. The number of nitrogens with one attached hydrogen (secondary N) is 1. The molecule has 0 radical (unpaired) electrons. The quantitative estimate of drug-likeness (QED) is 0.635. The Bertz CT molecular complexity index is 371. The van der Waals surface area contributed by atoms with Gasteiger partial charge in [0.25, 0.3) is 0 Å². The van der Waals surface area contributed by atoms with Crippen LogP contribution in [0.2, 0.25) is 0 Å². The number of aromatic nitrogens is 2. The van der Waals surface area contributed by atoms with Crippen molar-refractivity contribution in [1.82, 2.24) is 15.3 Å². The summed E-state index contributed by atoms with van der Waals surface area (Å²) < 4.78 is 4.83. The van der Waals surface area contributed by atoms with Gasteiger partial charge < -0.3 is 20.7 Å². The van der Waals surface area contributed by atoms with Crippen LogP contribution in [0.15, 0.2) is 12.3 Å². The molecule has 0 atom stereocenters. The fourth-order valence-corrected chi connectivity index (χ4v) is 1.18. The number of hydrogen-bond acceptors (Lipinski definition) is 6. The molecule has 17 heavy (non-hydrogen) atoms. The van der Waals surface area contributed by atoms with E-state index in [1.54, 1.807) is 31.3 Å². The molecule has 7 nitrogen and oxygen atoms in total. The van der Waals surface area contributed by atoms with E-state index >= 15 is 0 Å². The Morgan fingerprint density at radius 2 is 2.41 bits per heavy atom. The SMILES string of the molecule is COCCNC(=O)CN(C)c1nccc(N)n1. The van der Waals surface area contributed by atoms with Crippen LogP contribution in [0.3, 0.4) is 0 Å². The number of anilines is 2. The Labute approximate surface area is 100.0 Å². The molecule has 1 heterocycles. The second-order valence-corrected chi connectivity index (χ2v) is 3.48. The summed E-state index contributed by atoms with van der Waals surface area (Å²) in [7, 11) is 3.31. The third-order valence-electron chi connectivity index (χ3n) is 2.01. The van der Waals surface area contributed by atoms with Gasteiger partial charge in [-0.15, -0.1) is 0 Å². The molecule has 1 rings (SSSR count). The Kier molecular flexibility index (Phi) is 5.15. The highest BCUT2D eigenvalue weighted by molar-refractivity contribution is 5.80. The van der Waals surface area contributed by atoms with Crippen molar-refractivity contribution in [3.8, 4) is 0 Å². The number of hydrogen-bond donors (Lipinski definition) is 2. The van der Waals surface area contributed by atoms with Crippen molar-refractivity contribution in [3.05, 3.63) is 12.3 Å². The first-order valence-electron chi connectivity index (χ1n) is 5.18. The molecule has 0 fully saturated rings. The van der Waals surface area contributed by atoms with Crippen LogP contribution in [0.1, 0.15) is 0 Å². The van der Waals surface area contributed by atoms with Crippen molar-refractivity contribution < 1.29 is 9.53 Å². The molecule has 0 aliphatic rings. The molecule has 1 aromatic heterocycles. The third-order valence-corrected chi connectivity index (χ3v) is 2.01. The van der Waals surface area contributed by atoms with E-state index in [1.807, 2.05) is 0 Å². The summed E-state index contributed by atoms with van der Waals surface area (Å²) in [6, 6.07) is 1.59. The van der Waals surface area contributed by atoms with Crippen LogP contribution in [-0.4, -0.2) is 49.7 Å². The molecule has 1 aromatic rings. The molecule has 0 unspecified atom stereocenters. The number of amides is 1. The normalized spacial score (nSPS) is 10.0. The fraction of sp³-hybridized carbons (Fsp3) is 0.500. The first-order chi connectivity index (χ1) is 8.13. The van der Waals surface area contributed by atoms with Crippen LogP contribution in [0.25, 0.3) is 0 Å². The average Bonchev–Trinajstić information content (AvgIpc) is 2.29. The maximum atomic E-state index is 11.5. The number of nitrogen functional groups attached to an aromatic ring is 1. The molecule has 1 amide bonds. The van der Waals surface area contributed by atoms with Gasteiger partial charge >= 0.3 is 0 Å². The summed E-state index contributed by atoms with van der Waals surface area (Å²) in [5.74, 6) is 0.684. The molecule has 0 aliphatic heterocycles. The Morgan fingerprint density at radius 3 is 3.06 bits per heavy atom. The number of rotatable bonds is 6. The van der Waals surface area contributed by atoms with Gasteiger partial charge in [0.1, 0.15) is 5.82 Å². The monoisotopic (exact) mass is 239 g/mol. The maximum Gasteiger partial charge on any atom is 0.239 e. The van der Waals surface area contributed by atoms with Crippen molar-refractivity contribution in [2.24, 2.45) is 0 Å². The number of nitrogens with two attached hydrogens (primary N) is 1. The highest BCUT2D eigenvalue weighted by atomic mass is 16.5. The second-order valence-electron chi connectivity index (χ2n) is 3.48. The summed E-state index contributed by atoms with van der Waals surface area (Å²) in [6.45, 7) is 1.15. The van der Waals surface area contributed by atoms with Crippen molar-refractivity contribution >= 4 is 17.7 Å². The van der Waals surface area contributed by atoms with E-state index in [0.29, 0.717) is 24.9 Å². The summed E-state index contributed by atoms with van der Waals surface area (Å²) in [4.78, 5) is 21.1. The van der Waals surface area contributed by atoms with Crippen LogP contribution in [0, 0.1) is 0 Å². The van der Waals surface area contributed by atoms with Crippen molar-refractivity contribution in [3.63, 3.8) is 0 Å². The van der Waals surface area contributed by atoms with Gasteiger partial charge in [0.2, 0.25) is 11.9 Å². The van der Waals surface area contributed by atoms with E-state index in [9.17, 15) is 4.79 Å². The molecular formula is C10H17N5O2. The molecule has 0 saturated carbocycles. The van der Waals surface area contributed by atoms with Crippen LogP contribution >= 0.6 is 0 Å². The first-order valence-corrected chi connectivity index (χ1v) is 5.18. The Morgan fingerprint density at radius 1 is 1.65 bits per heavy atom. The van der Waals surface area contributed by atoms with Crippen LogP contribution in [-0.2, 0) is 9.53 Å². The first kappa shape index (κ1) is 13.2. The lowest BCUT2D eigenvalue weighted by molar-refractivity contribution is -0.119. The smallest absolute Gasteiger partial charge is 0.239 e. The van der Waals surface area contributed by atoms with Crippen LogP contribution in [0.5, 0.6) is 0 Å². The van der Waals surface area contributed by atoms with E-state index in [-0.39, 0.29) is 12.5 Å². The largest absolute Gasteiger partial charge is 0.384 e. The minimum atomic E-state index is -0.115. The lowest BCUT2D eigenvalue weighted by Crippen LogP contribution is -2.37. The van der Waals surface area contributed by atoms with Gasteiger partial charge in [-0.25, -0.2) is 4.98 Å². The van der Waals surface area contributed by atoms with E-state index in [4.69, 9.17) is 10.5 Å². The summed E-state index contributed by atoms with van der Waals surface area (Å²) in [5, 5.41) is 2.71. The Balaban J connectivity index is 2.43. The van der Waals surface area contributed by atoms with Gasteiger partial charge in [0.15, 0.2) is 0 Å². The number of nitrogens with zero attached hydrogens (tertiary/aromatic N) is 3. The molecule has 0 saturated heterocycles. The van der Waals surface area contributed by atoms with E-state index in [0.717, 1.165) is 0 Å². The second kappa shape index (κ2) is 6.64. The molecule has 0 spiro atoms. The van der Waals surface area contributed by atoms with Gasteiger partial charge in [0.05, 0.1) is 13.2 Å². The highest BCUT2D eigenvalue weighted by Gasteiger charge is 2.09. The molecule has 0 aliphatic carbocycles. The number of carbonyl (C=O) groups excluding carboxylic acids is 1. The van der Waals surface area contributed by atoms with E-state index in [1.165, 1.54) is 0 Å². The zero-order valence-electron chi connectivity index (χ0n) is 10.0. The molecule has 7 heteroatoms. The highest BCUT2D eigenvalue weighted by Crippen LogP contribution is 2.05. The van der Waals surface area contributed by atoms with E-state index < -0.39 is 0 Å². The number of methoxy groups -OCH3 is 1. The number of ether oxygens (including phenoxy) is 1.